The first-order chi connectivity index (χ1) is 7.11. The van der Waals surface area contributed by atoms with Crippen LogP contribution >= 0.6 is 0 Å². The van der Waals surface area contributed by atoms with Crippen LogP contribution in [0.25, 0.3) is 0 Å². The minimum atomic E-state index is 0.874. The molecule has 0 aromatic heterocycles. The summed E-state index contributed by atoms with van der Waals surface area (Å²) >= 11 is 0. The van der Waals surface area contributed by atoms with Crippen molar-refractivity contribution in [2.45, 2.75) is 6.92 Å². The smallest absolute Gasteiger partial charge is 0.0262 e. The molecule has 15 heavy (non-hydrogen) atoms. The maximum Gasteiger partial charge on any atom is -0.0262 e. The van der Waals surface area contributed by atoms with Crippen molar-refractivity contribution in [1.82, 2.24) is 0 Å². The predicted octanol–water partition coefficient (Wildman–Crippen LogP) is 4.53. The quantitative estimate of drug-likeness (QED) is 0.550. The lowest BCUT2D eigenvalue weighted by molar-refractivity contribution is 1.57. The van der Waals surface area contributed by atoms with Gasteiger partial charge in [-0.3, -0.25) is 0 Å². The van der Waals surface area contributed by atoms with Gasteiger partial charge in [-0.1, -0.05) is 68.8 Å². The monoisotopic (exact) mass is 198 g/mol. The fraction of sp³-hybridized carbons (Fsp3) is 0.0667. The summed E-state index contributed by atoms with van der Waals surface area (Å²) in [4.78, 5) is 0. The first-order valence-electron chi connectivity index (χ1n) is 4.78. The summed E-state index contributed by atoms with van der Waals surface area (Å²) in [6, 6.07) is 0. The van der Waals surface area contributed by atoms with E-state index in [-0.39, 0.29) is 0 Å². The van der Waals surface area contributed by atoms with Gasteiger partial charge in [0, 0.05) is 0 Å². The Labute approximate surface area is 93.0 Å². The molecule has 0 spiro atoms. The van der Waals surface area contributed by atoms with Crippen LogP contribution in [-0.2, 0) is 0 Å². The van der Waals surface area contributed by atoms with Crippen LogP contribution in [0.2, 0.25) is 0 Å². The molecule has 0 aliphatic heterocycles. The average Bonchev–Trinajstić information content (AvgIpc) is 2.22. The van der Waals surface area contributed by atoms with Crippen molar-refractivity contribution >= 4 is 0 Å². The van der Waals surface area contributed by atoms with Crippen LogP contribution in [0.15, 0.2) is 85.6 Å². The van der Waals surface area contributed by atoms with Crippen molar-refractivity contribution in [3.8, 4) is 0 Å². The summed E-state index contributed by atoms with van der Waals surface area (Å²) in [7, 11) is 0. The molecule has 0 bridgehead atoms. The standard InChI is InChI=1S/C15H18/c1-6-8-10-14(4)15(5)12-11-13(3)9-7-2/h6-12H,1,3-5H2,2H3/b9-7+,10-8-,12-11-. The lowest BCUT2D eigenvalue weighted by atomic mass is 10.1. The fourth-order valence-corrected chi connectivity index (χ4v) is 0.876. The van der Waals surface area contributed by atoms with Gasteiger partial charge in [0.25, 0.3) is 0 Å². The number of hydrogen-bond donors (Lipinski definition) is 0. The molecule has 0 heteroatoms. The zero-order valence-corrected chi connectivity index (χ0v) is 9.37. The van der Waals surface area contributed by atoms with Gasteiger partial charge in [-0.15, -0.1) is 0 Å². The molecule has 0 rings (SSSR count). The maximum atomic E-state index is 3.90. The van der Waals surface area contributed by atoms with Gasteiger partial charge in [0.1, 0.15) is 0 Å². The van der Waals surface area contributed by atoms with Crippen LogP contribution < -0.4 is 0 Å². The highest BCUT2D eigenvalue weighted by molar-refractivity contribution is 5.45. The van der Waals surface area contributed by atoms with Gasteiger partial charge < -0.3 is 0 Å². The molecule has 0 radical (unpaired) electrons. The van der Waals surface area contributed by atoms with Crippen LogP contribution in [0.3, 0.4) is 0 Å². The zero-order chi connectivity index (χ0) is 11.7. The first-order valence-corrected chi connectivity index (χ1v) is 4.78. The van der Waals surface area contributed by atoms with Crippen LogP contribution in [0.4, 0.5) is 0 Å². The van der Waals surface area contributed by atoms with E-state index in [0.29, 0.717) is 0 Å². The Hall–Kier alpha value is -1.82. The topological polar surface area (TPSA) is 0 Å². The molecule has 78 valence electrons. The molecule has 0 saturated heterocycles. The van der Waals surface area contributed by atoms with E-state index in [0.717, 1.165) is 16.7 Å². The second-order valence-electron chi connectivity index (χ2n) is 3.05. The molecular formula is C15H18. The Morgan fingerprint density at radius 2 is 1.47 bits per heavy atom. The van der Waals surface area contributed by atoms with Gasteiger partial charge >= 0.3 is 0 Å². The van der Waals surface area contributed by atoms with E-state index in [9.17, 15) is 0 Å². The molecule has 0 aromatic rings. The Bertz CT molecular complexity index is 346. The van der Waals surface area contributed by atoms with Crippen molar-refractivity contribution in [3.05, 3.63) is 85.6 Å². The third kappa shape index (κ3) is 6.28. The Balaban J connectivity index is 4.36. The lowest BCUT2D eigenvalue weighted by Crippen LogP contribution is -1.78. The lowest BCUT2D eigenvalue weighted by Gasteiger charge is -1.97. The average molecular weight is 198 g/mol. The van der Waals surface area contributed by atoms with Gasteiger partial charge in [-0.2, -0.15) is 0 Å². The molecule has 0 amide bonds. The summed E-state index contributed by atoms with van der Waals surface area (Å²) in [5, 5.41) is 0. The van der Waals surface area contributed by atoms with Gasteiger partial charge in [0.05, 0.1) is 0 Å². The highest BCUT2D eigenvalue weighted by Crippen LogP contribution is 2.10. The number of allylic oxidation sites excluding steroid dienone is 10. The molecule has 0 N–H and O–H groups in total. The third-order valence-electron chi connectivity index (χ3n) is 1.73. The first kappa shape index (κ1) is 13.2. The van der Waals surface area contributed by atoms with Gasteiger partial charge in [-0.25, -0.2) is 0 Å². The second-order valence-corrected chi connectivity index (χ2v) is 3.05. The van der Waals surface area contributed by atoms with E-state index < -0.39 is 0 Å². The minimum absolute atomic E-state index is 0.874. The van der Waals surface area contributed by atoms with Gasteiger partial charge in [-0.05, 0) is 23.6 Å². The summed E-state index contributed by atoms with van der Waals surface area (Å²) in [6.07, 6.45) is 13.1. The maximum absolute atomic E-state index is 3.90. The van der Waals surface area contributed by atoms with E-state index in [1.807, 2.05) is 43.4 Å². The van der Waals surface area contributed by atoms with Crippen LogP contribution in [0.1, 0.15) is 6.92 Å². The summed E-state index contributed by atoms with van der Waals surface area (Å²) in [5.74, 6) is 0. The van der Waals surface area contributed by atoms with Crippen LogP contribution in [0.5, 0.6) is 0 Å². The van der Waals surface area contributed by atoms with Crippen molar-refractivity contribution in [1.29, 1.82) is 0 Å². The molecule has 0 fully saturated rings. The zero-order valence-electron chi connectivity index (χ0n) is 9.37. The molecule has 0 aliphatic carbocycles. The van der Waals surface area contributed by atoms with Crippen LogP contribution in [0, 0.1) is 0 Å². The Morgan fingerprint density at radius 3 is 2.00 bits per heavy atom. The molecule has 0 heterocycles. The summed E-state index contributed by atoms with van der Waals surface area (Å²) in [6.45, 7) is 17.2. The summed E-state index contributed by atoms with van der Waals surface area (Å²) < 4.78 is 0. The van der Waals surface area contributed by atoms with E-state index in [4.69, 9.17) is 0 Å². The Morgan fingerprint density at radius 1 is 0.867 bits per heavy atom. The molecule has 0 aliphatic rings. The molecular weight excluding hydrogens is 180 g/mol. The molecule has 0 aromatic carbocycles. The molecule has 0 atom stereocenters. The highest BCUT2D eigenvalue weighted by Gasteiger charge is 1.90. The third-order valence-corrected chi connectivity index (χ3v) is 1.73. The second kappa shape index (κ2) is 7.57. The normalized spacial score (nSPS) is 11.3. The van der Waals surface area contributed by atoms with Crippen molar-refractivity contribution in [3.63, 3.8) is 0 Å². The molecule has 0 nitrogen and oxygen atoms in total. The largest absolute Gasteiger partial charge is 0.0991 e. The molecule has 0 saturated carbocycles. The van der Waals surface area contributed by atoms with Crippen LogP contribution in [-0.4, -0.2) is 0 Å². The number of rotatable bonds is 6. The predicted molar refractivity (Wildman–Crippen MR) is 70.7 cm³/mol. The van der Waals surface area contributed by atoms with E-state index in [2.05, 4.69) is 26.3 Å². The van der Waals surface area contributed by atoms with Gasteiger partial charge in [0.15, 0.2) is 0 Å². The van der Waals surface area contributed by atoms with Crippen molar-refractivity contribution in [2.24, 2.45) is 0 Å². The summed E-state index contributed by atoms with van der Waals surface area (Å²) in [5.41, 5.74) is 2.69. The fourth-order valence-electron chi connectivity index (χ4n) is 0.876. The minimum Gasteiger partial charge on any atom is -0.0991 e. The van der Waals surface area contributed by atoms with E-state index in [1.54, 1.807) is 6.08 Å². The van der Waals surface area contributed by atoms with Crippen molar-refractivity contribution < 1.29 is 0 Å². The SMILES string of the molecule is C=C/C=C\C(=C)C(=C)/C=C\C(=C)/C=C/C. The van der Waals surface area contributed by atoms with E-state index >= 15 is 0 Å². The van der Waals surface area contributed by atoms with E-state index in [1.165, 1.54) is 0 Å². The highest BCUT2D eigenvalue weighted by atomic mass is 14.0. The Kier molecular flexibility index (Phi) is 6.65. The molecule has 0 unspecified atom stereocenters. The van der Waals surface area contributed by atoms with Crippen molar-refractivity contribution in [2.75, 3.05) is 0 Å². The number of hydrogen-bond acceptors (Lipinski definition) is 0. The van der Waals surface area contributed by atoms with Gasteiger partial charge in [0.2, 0.25) is 0 Å².